The summed E-state index contributed by atoms with van der Waals surface area (Å²) in [5.74, 6) is -11.2. The van der Waals surface area contributed by atoms with Gasteiger partial charge >= 0.3 is 5.97 Å². The Morgan fingerprint density at radius 1 is 0.560 bits per heavy atom. The highest BCUT2D eigenvalue weighted by molar-refractivity contribution is 5.99. The van der Waals surface area contributed by atoms with E-state index in [1.54, 1.807) is 58.0 Å². The van der Waals surface area contributed by atoms with Gasteiger partial charge in [0.05, 0.1) is 6.10 Å². The van der Waals surface area contributed by atoms with Crippen molar-refractivity contribution < 1.29 is 67.4 Å². The molecule has 1 fully saturated rings. The monoisotopic (exact) mass is 1290 g/mol. The number of nitrogens with one attached hydrogen (secondary N) is 11. The van der Waals surface area contributed by atoms with Crippen molar-refractivity contribution in [1.29, 1.82) is 0 Å². The standard InChI is InChI=1S/C60H105N17O14/c1-32(2)14-12-13-17-46(79)68-38(18-24-61)54(84)77-49(36(8)91-60(90)47(66)34(5)6)59(89)73-41(21-27-64)51(81)72-43-23-29-67-58(88)48(35(7)78)76-55(85)42(22-28-65)70-50(80)39(19-25-62)71-56(86)44(30-33(3)4)74-57(87)45(31-37-15-10-9-11-16-37)75-52(82)40(20-26-63)69-53(43)83/h9-11,15-16,32-36,38-45,47-49,78H,12-14,17-31,61-66H2,1-8H3,(H,67,88)(H,68,79)(H,69,83)(H,70,80)(H,71,86)(H,72,81)(H,73,89)(H,74,87)(H,75,82)(H,76,85)(H,77,84)/t35-,36-,38+,39+,40+,41+,42+,43+,44+,45-,47+,48+,49+/m1/s1. The fraction of sp³-hybridized carbons (Fsp3) is 0.700. The van der Waals surface area contributed by atoms with Crippen LogP contribution in [0.5, 0.6) is 0 Å². The predicted molar refractivity (Wildman–Crippen MR) is 338 cm³/mol. The zero-order valence-corrected chi connectivity index (χ0v) is 54.1. The van der Waals surface area contributed by atoms with Crippen LogP contribution >= 0.6 is 0 Å². The maximum absolute atomic E-state index is 14.7. The van der Waals surface area contributed by atoms with Crippen molar-refractivity contribution in [3.8, 4) is 0 Å². The van der Waals surface area contributed by atoms with Crippen LogP contribution in [0.3, 0.4) is 0 Å². The van der Waals surface area contributed by atoms with E-state index in [1.807, 2.05) is 0 Å². The minimum absolute atomic E-state index is 0.0329. The van der Waals surface area contributed by atoms with Gasteiger partial charge in [-0.3, -0.25) is 57.5 Å². The van der Waals surface area contributed by atoms with Crippen LogP contribution in [-0.4, -0.2) is 194 Å². The van der Waals surface area contributed by atoms with Gasteiger partial charge in [-0.2, -0.15) is 0 Å². The zero-order chi connectivity index (χ0) is 68.5. The van der Waals surface area contributed by atoms with Gasteiger partial charge in [0.25, 0.3) is 0 Å². The van der Waals surface area contributed by atoms with Crippen molar-refractivity contribution in [1.82, 2.24) is 58.5 Å². The molecule has 11 amide bonds. The minimum atomic E-state index is -1.77. The Kier molecular flexibility index (Phi) is 36.7. The van der Waals surface area contributed by atoms with E-state index in [4.69, 9.17) is 39.1 Å². The number of rotatable bonds is 31. The number of benzene rings is 1. The van der Waals surface area contributed by atoms with Crippen LogP contribution in [0, 0.1) is 17.8 Å². The quantitative estimate of drug-likeness (QED) is 0.0244. The molecule has 0 bridgehead atoms. The first-order chi connectivity index (χ1) is 43.0. The average molecular weight is 1290 g/mol. The largest absolute Gasteiger partial charge is 0.459 e. The number of esters is 1. The van der Waals surface area contributed by atoms with Crippen molar-refractivity contribution in [3.63, 3.8) is 0 Å². The van der Waals surface area contributed by atoms with Crippen LogP contribution in [0.25, 0.3) is 0 Å². The van der Waals surface area contributed by atoms with Gasteiger partial charge in [-0.25, -0.2) is 0 Å². The second-order valence-electron chi connectivity index (χ2n) is 24.1. The number of hydrogen-bond acceptors (Lipinski definition) is 20. The molecule has 0 spiro atoms. The molecule has 1 aromatic carbocycles. The summed E-state index contributed by atoms with van der Waals surface area (Å²) in [5, 5.41) is 39.2. The molecule has 0 saturated carbocycles. The average Bonchev–Trinajstić information content (AvgIpc) is 2.25. The fourth-order valence-electron chi connectivity index (χ4n) is 9.57. The summed E-state index contributed by atoms with van der Waals surface area (Å²) < 4.78 is 5.60. The third-order valence-electron chi connectivity index (χ3n) is 14.9. The summed E-state index contributed by atoms with van der Waals surface area (Å²) in [6, 6.07) is -7.80. The topological polar surface area (TPSA) is 523 Å². The Morgan fingerprint density at radius 3 is 1.56 bits per heavy atom. The normalized spacial score (nSPS) is 22.2. The third-order valence-corrected chi connectivity index (χ3v) is 14.9. The Balaban J connectivity index is 2.80. The lowest BCUT2D eigenvalue weighted by molar-refractivity contribution is -0.155. The summed E-state index contributed by atoms with van der Waals surface area (Å²) in [4.78, 5) is 169. The molecule has 0 aliphatic carbocycles. The van der Waals surface area contributed by atoms with E-state index in [-0.39, 0.29) is 90.0 Å². The minimum Gasteiger partial charge on any atom is -0.459 e. The third kappa shape index (κ3) is 28.7. The van der Waals surface area contributed by atoms with Gasteiger partial charge in [0.2, 0.25) is 65.0 Å². The van der Waals surface area contributed by atoms with Gasteiger partial charge in [0, 0.05) is 19.4 Å². The Morgan fingerprint density at radius 2 is 1.05 bits per heavy atom. The Hall–Kier alpha value is -7.42. The second kappa shape index (κ2) is 41.9. The molecule has 2 rings (SSSR count). The smallest absolute Gasteiger partial charge is 0.323 e. The van der Waals surface area contributed by atoms with Crippen LogP contribution in [0.1, 0.15) is 132 Å². The van der Waals surface area contributed by atoms with Crippen molar-refractivity contribution in [3.05, 3.63) is 35.9 Å². The van der Waals surface area contributed by atoms with Crippen LogP contribution < -0.4 is 92.9 Å². The van der Waals surface area contributed by atoms with Crippen molar-refractivity contribution in [2.75, 3.05) is 39.3 Å². The highest BCUT2D eigenvalue weighted by atomic mass is 16.5. The number of unbranched alkanes of at least 4 members (excludes halogenated alkanes) is 1. The van der Waals surface area contributed by atoms with Crippen molar-refractivity contribution in [2.45, 2.75) is 211 Å². The summed E-state index contributed by atoms with van der Waals surface area (Å²) in [5.41, 5.74) is 36.2. The molecular weight excluding hydrogens is 1180 g/mol. The molecule has 1 aliphatic rings. The van der Waals surface area contributed by atoms with E-state index < -0.39 is 168 Å². The molecule has 1 aliphatic heterocycles. The number of amides is 11. The Labute approximate surface area is 533 Å². The van der Waals surface area contributed by atoms with Gasteiger partial charge in [0.15, 0.2) is 0 Å². The molecule has 31 nitrogen and oxygen atoms in total. The SMILES string of the molecule is CC(C)CCCCC(=O)N[C@@H](CCN)C(=O)N[C@H](C(=O)N[C@@H](CCN)C(=O)N[C@H]1CCNC(=O)[C@H]([C@@H](C)O)NC(=O)[C@H](CCN)NC(=O)[C@H](CCN)NC(=O)[C@H](CC(C)C)NC(=O)[C@@H](Cc2ccccc2)NC(=O)[C@H](CCN)NC1=O)[C@@H](C)OC(=O)[C@@H](N)C(C)C. The lowest BCUT2D eigenvalue weighted by Gasteiger charge is -2.30. The lowest BCUT2D eigenvalue weighted by atomic mass is 10.00. The highest BCUT2D eigenvalue weighted by Gasteiger charge is 2.39. The van der Waals surface area contributed by atoms with E-state index >= 15 is 0 Å². The molecule has 31 heteroatoms. The summed E-state index contributed by atoms with van der Waals surface area (Å²) in [7, 11) is 0. The highest BCUT2D eigenvalue weighted by Crippen LogP contribution is 2.14. The fourth-order valence-corrected chi connectivity index (χ4v) is 9.57. The molecular formula is C60H105N17O14. The Bertz CT molecular complexity index is 2530. The van der Waals surface area contributed by atoms with E-state index in [2.05, 4.69) is 72.3 Å². The first-order valence-corrected chi connectivity index (χ1v) is 31.5. The number of ether oxygens (including phenoxy) is 1. The molecule has 1 aromatic rings. The van der Waals surface area contributed by atoms with E-state index in [9.17, 15) is 62.6 Å². The van der Waals surface area contributed by atoms with Gasteiger partial charge < -0.3 is 103 Å². The van der Waals surface area contributed by atoms with E-state index in [0.717, 1.165) is 12.8 Å². The van der Waals surface area contributed by atoms with E-state index in [0.29, 0.717) is 17.9 Å². The second-order valence-corrected chi connectivity index (χ2v) is 24.1. The van der Waals surface area contributed by atoms with Crippen LogP contribution in [0.4, 0.5) is 0 Å². The molecule has 24 N–H and O–H groups in total. The lowest BCUT2D eigenvalue weighted by Crippen LogP contribution is -2.62. The first kappa shape index (κ1) is 79.7. The molecule has 1 heterocycles. The summed E-state index contributed by atoms with van der Waals surface area (Å²) in [6.07, 6.45) is -2.36. The van der Waals surface area contributed by atoms with Crippen LogP contribution in [-0.2, 0) is 68.7 Å². The molecule has 13 atom stereocenters. The molecule has 0 unspecified atom stereocenters. The van der Waals surface area contributed by atoms with Gasteiger partial charge in [0.1, 0.15) is 72.6 Å². The molecule has 1 saturated heterocycles. The summed E-state index contributed by atoms with van der Waals surface area (Å²) >= 11 is 0. The summed E-state index contributed by atoms with van der Waals surface area (Å²) in [6.45, 7) is 12.1. The predicted octanol–water partition coefficient (Wildman–Crippen LogP) is -5.10. The van der Waals surface area contributed by atoms with Gasteiger partial charge in [-0.05, 0) is 121 Å². The molecule has 514 valence electrons. The van der Waals surface area contributed by atoms with Gasteiger partial charge in [-0.1, -0.05) is 84.7 Å². The first-order valence-electron chi connectivity index (χ1n) is 31.5. The molecule has 91 heavy (non-hydrogen) atoms. The molecule has 0 aromatic heterocycles. The maximum Gasteiger partial charge on any atom is 0.323 e. The number of carbonyl (C=O) groups is 12. The van der Waals surface area contributed by atoms with Crippen LogP contribution in [0.2, 0.25) is 0 Å². The number of aliphatic hydroxyl groups is 1. The van der Waals surface area contributed by atoms with E-state index in [1.165, 1.54) is 13.8 Å². The van der Waals surface area contributed by atoms with Crippen LogP contribution in [0.15, 0.2) is 30.3 Å². The van der Waals surface area contributed by atoms with Crippen molar-refractivity contribution >= 4 is 70.9 Å². The van der Waals surface area contributed by atoms with Crippen molar-refractivity contribution in [2.24, 2.45) is 52.2 Å². The number of nitrogens with two attached hydrogens (primary N) is 6. The van der Waals surface area contributed by atoms with Gasteiger partial charge in [-0.15, -0.1) is 0 Å². The number of hydrogen-bond donors (Lipinski definition) is 18. The number of carbonyl (C=O) groups excluding carboxylic acids is 12. The number of aliphatic hydroxyl groups excluding tert-OH is 1. The molecule has 0 radical (unpaired) electrons. The maximum atomic E-state index is 14.7. The zero-order valence-electron chi connectivity index (χ0n) is 54.1.